The van der Waals surface area contributed by atoms with Gasteiger partial charge in [0.15, 0.2) is 0 Å². The SMILES string of the molecule is CC(C)C(N)C(=O)NC(CS)C(=O)NC(CC(N)=O)C(=O)NC(Cc1ccc(O)cc1)C(=O)O. The van der Waals surface area contributed by atoms with E-state index in [0.717, 1.165) is 0 Å². The van der Waals surface area contributed by atoms with Gasteiger partial charge in [-0.1, -0.05) is 26.0 Å². The average molecular weight is 498 g/mol. The number of hydrogen-bond donors (Lipinski definition) is 8. The van der Waals surface area contributed by atoms with Crippen LogP contribution in [0.4, 0.5) is 0 Å². The van der Waals surface area contributed by atoms with Crippen molar-refractivity contribution >= 4 is 42.2 Å². The second kappa shape index (κ2) is 13.4. The molecule has 12 nitrogen and oxygen atoms in total. The topological polar surface area (TPSA) is 214 Å². The number of carbonyl (C=O) groups excluding carboxylic acids is 4. The second-order valence-electron chi connectivity index (χ2n) is 8.02. The van der Waals surface area contributed by atoms with Crippen LogP contribution in [0.1, 0.15) is 25.8 Å². The lowest BCUT2D eigenvalue weighted by Gasteiger charge is -2.24. The molecule has 0 aliphatic carbocycles. The first-order valence-corrected chi connectivity index (χ1v) is 11.1. The molecule has 1 rings (SSSR count). The predicted molar refractivity (Wildman–Crippen MR) is 126 cm³/mol. The zero-order valence-electron chi connectivity index (χ0n) is 18.9. The summed E-state index contributed by atoms with van der Waals surface area (Å²) in [4.78, 5) is 60.7. The van der Waals surface area contributed by atoms with Crippen molar-refractivity contribution in [2.75, 3.05) is 5.75 Å². The summed E-state index contributed by atoms with van der Waals surface area (Å²) in [7, 11) is 0. The van der Waals surface area contributed by atoms with E-state index in [1.54, 1.807) is 13.8 Å². The molecule has 0 saturated carbocycles. The number of benzene rings is 1. The zero-order chi connectivity index (χ0) is 26.0. The van der Waals surface area contributed by atoms with E-state index in [1.807, 2.05) is 0 Å². The Morgan fingerprint density at radius 2 is 1.41 bits per heavy atom. The number of hydrogen-bond acceptors (Lipinski definition) is 8. The first-order chi connectivity index (χ1) is 15.8. The first-order valence-electron chi connectivity index (χ1n) is 10.4. The number of phenols is 1. The molecule has 1 aromatic rings. The van der Waals surface area contributed by atoms with Crippen molar-refractivity contribution in [3.63, 3.8) is 0 Å². The Labute approximate surface area is 202 Å². The third kappa shape index (κ3) is 9.27. The normalized spacial score (nSPS) is 14.4. The molecule has 0 bridgehead atoms. The molecule has 0 saturated heterocycles. The molecule has 0 heterocycles. The number of nitrogens with two attached hydrogens (primary N) is 2. The fourth-order valence-corrected chi connectivity index (χ4v) is 3.04. The molecule has 0 fully saturated rings. The summed E-state index contributed by atoms with van der Waals surface area (Å²) in [5, 5.41) is 25.9. The molecule has 4 unspecified atom stereocenters. The molecule has 188 valence electrons. The Kier molecular flexibility index (Phi) is 11.3. The summed E-state index contributed by atoms with van der Waals surface area (Å²) in [5.41, 5.74) is 11.5. The van der Waals surface area contributed by atoms with Crippen molar-refractivity contribution in [2.45, 2.75) is 50.9 Å². The van der Waals surface area contributed by atoms with Crippen molar-refractivity contribution in [2.24, 2.45) is 17.4 Å². The number of aromatic hydroxyl groups is 1. The third-order valence-corrected chi connectivity index (χ3v) is 5.23. The fourth-order valence-electron chi connectivity index (χ4n) is 2.79. The van der Waals surface area contributed by atoms with E-state index in [9.17, 15) is 34.2 Å². The number of carboxylic acid groups (broad SMARTS) is 1. The van der Waals surface area contributed by atoms with Crippen LogP contribution in [0, 0.1) is 5.92 Å². The maximum absolute atomic E-state index is 12.7. The van der Waals surface area contributed by atoms with Crippen LogP contribution in [0.15, 0.2) is 24.3 Å². The van der Waals surface area contributed by atoms with Gasteiger partial charge in [0.2, 0.25) is 23.6 Å². The third-order valence-electron chi connectivity index (χ3n) is 4.87. The van der Waals surface area contributed by atoms with Gasteiger partial charge in [0, 0.05) is 12.2 Å². The number of phenolic OH excluding ortho intramolecular Hbond substituents is 1. The molecule has 0 radical (unpaired) electrons. The van der Waals surface area contributed by atoms with E-state index in [-0.39, 0.29) is 23.8 Å². The van der Waals surface area contributed by atoms with Crippen molar-refractivity contribution in [3.05, 3.63) is 29.8 Å². The van der Waals surface area contributed by atoms with Crippen LogP contribution >= 0.6 is 12.6 Å². The lowest BCUT2D eigenvalue weighted by atomic mass is 10.0. The van der Waals surface area contributed by atoms with Gasteiger partial charge in [-0.15, -0.1) is 0 Å². The van der Waals surface area contributed by atoms with Crippen LogP contribution in [-0.2, 0) is 30.4 Å². The quantitative estimate of drug-likeness (QED) is 0.146. The lowest BCUT2D eigenvalue weighted by Crippen LogP contribution is -2.58. The van der Waals surface area contributed by atoms with Crippen LogP contribution in [0.25, 0.3) is 0 Å². The molecule has 0 aliphatic heterocycles. The van der Waals surface area contributed by atoms with Gasteiger partial charge in [0.25, 0.3) is 0 Å². The summed E-state index contributed by atoms with van der Waals surface area (Å²) in [6.07, 6.45) is -0.733. The molecule has 1 aromatic carbocycles. The lowest BCUT2D eigenvalue weighted by molar-refractivity contribution is -0.142. The molecular formula is C21H31N5O7S. The van der Waals surface area contributed by atoms with E-state index < -0.39 is 60.2 Å². The summed E-state index contributed by atoms with van der Waals surface area (Å²) in [5.74, 6) is -4.99. The van der Waals surface area contributed by atoms with Gasteiger partial charge in [0.1, 0.15) is 23.9 Å². The molecular weight excluding hydrogens is 466 g/mol. The van der Waals surface area contributed by atoms with E-state index in [0.29, 0.717) is 5.56 Å². The Bertz CT molecular complexity index is 894. The first kappa shape index (κ1) is 28.7. The highest BCUT2D eigenvalue weighted by Crippen LogP contribution is 2.12. The molecule has 13 heteroatoms. The predicted octanol–water partition coefficient (Wildman–Crippen LogP) is -1.74. The van der Waals surface area contributed by atoms with Gasteiger partial charge >= 0.3 is 5.97 Å². The number of amides is 4. The van der Waals surface area contributed by atoms with E-state index in [2.05, 4.69) is 28.6 Å². The summed E-state index contributed by atoms with van der Waals surface area (Å²) < 4.78 is 0. The zero-order valence-corrected chi connectivity index (χ0v) is 19.7. The Hall–Kier alpha value is -3.32. The highest BCUT2D eigenvalue weighted by molar-refractivity contribution is 7.80. The number of aliphatic carboxylic acids is 1. The molecule has 34 heavy (non-hydrogen) atoms. The minimum Gasteiger partial charge on any atom is -0.508 e. The Morgan fingerprint density at radius 1 is 0.912 bits per heavy atom. The highest BCUT2D eigenvalue weighted by Gasteiger charge is 2.31. The number of primary amides is 1. The molecule has 4 atom stereocenters. The monoisotopic (exact) mass is 497 g/mol. The minimum atomic E-state index is -1.50. The van der Waals surface area contributed by atoms with Crippen LogP contribution in [0.5, 0.6) is 5.75 Å². The number of carbonyl (C=O) groups is 5. The number of nitrogens with one attached hydrogen (secondary N) is 3. The van der Waals surface area contributed by atoms with Crippen molar-refractivity contribution in [1.29, 1.82) is 0 Å². The second-order valence-corrected chi connectivity index (χ2v) is 8.38. The average Bonchev–Trinajstić information content (AvgIpc) is 2.76. The van der Waals surface area contributed by atoms with Gasteiger partial charge in [-0.05, 0) is 23.6 Å². The van der Waals surface area contributed by atoms with Crippen LogP contribution in [0.3, 0.4) is 0 Å². The van der Waals surface area contributed by atoms with Gasteiger partial charge < -0.3 is 37.6 Å². The number of rotatable bonds is 13. The van der Waals surface area contributed by atoms with E-state index in [1.165, 1.54) is 24.3 Å². The van der Waals surface area contributed by atoms with E-state index >= 15 is 0 Å². The molecule has 9 N–H and O–H groups in total. The van der Waals surface area contributed by atoms with Crippen molar-refractivity contribution in [3.8, 4) is 5.75 Å². The smallest absolute Gasteiger partial charge is 0.326 e. The Balaban J connectivity index is 2.94. The summed E-state index contributed by atoms with van der Waals surface area (Å²) in [6, 6.07) is 0.766. The summed E-state index contributed by atoms with van der Waals surface area (Å²) >= 11 is 4.03. The maximum Gasteiger partial charge on any atom is 0.326 e. The Morgan fingerprint density at radius 3 is 1.88 bits per heavy atom. The van der Waals surface area contributed by atoms with Crippen molar-refractivity contribution < 1.29 is 34.2 Å². The van der Waals surface area contributed by atoms with Crippen LogP contribution in [0.2, 0.25) is 0 Å². The standard InChI is InChI=1S/C21H31N5O7S/c1-10(2)17(23)20(31)26-15(9-34)19(30)24-13(8-16(22)28)18(29)25-14(21(32)33)7-11-3-5-12(27)6-4-11/h3-6,10,13-15,17,27,34H,7-9,23H2,1-2H3,(H2,22,28)(H,24,30)(H,25,29)(H,26,31)(H,32,33). The molecule has 4 amide bonds. The highest BCUT2D eigenvalue weighted by atomic mass is 32.1. The van der Waals surface area contributed by atoms with Gasteiger partial charge in [0.05, 0.1) is 12.5 Å². The van der Waals surface area contributed by atoms with Crippen LogP contribution < -0.4 is 27.4 Å². The molecule has 0 aromatic heterocycles. The maximum atomic E-state index is 12.7. The largest absolute Gasteiger partial charge is 0.508 e. The van der Waals surface area contributed by atoms with Gasteiger partial charge in [-0.3, -0.25) is 19.2 Å². The molecule has 0 spiro atoms. The van der Waals surface area contributed by atoms with Gasteiger partial charge in [-0.2, -0.15) is 12.6 Å². The minimum absolute atomic E-state index is 0.0101. The summed E-state index contributed by atoms with van der Waals surface area (Å²) in [6.45, 7) is 3.45. The van der Waals surface area contributed by atoms with Gasteiger partial charge in [-0.25, -0.2) is 4.79 Å². The van der Waals surface area contributed by atoms with E-state index in [4.69, 9.17) is 11.5 Å². The fraction of sp³-hybridized carbons (Fsp3) is 0.476. The van der Waals surface area contributed by atoms with Crippen LogP contribution in [-0.4, -0.2) is 69.7 Å². The molecule has 0 aliphatic rings. The van der Waals surface area contributed by atoms with Crippen molar-refractivity contribution in [1.82, 2.24) is 16.0 Å². The number of carboxylic acids is 1. The number of thiol groups is 1.